The fraction of sp³-hybridized carbons (Fsp3) is 0.704. The molecule has 1 aromatic rings. The Labute approximate surface area is 223 Å². The number of halogens is 1. The first-order chi connectivity index (χ1) is 16.7. The first-order valence-corrected chi connectivity index (χ1v) is 12.9. The van der Waals surface area contributed by atoms with Crippen LogP contribution in [0.4, 0.5) is 0 Å². The summed E-state index contributed by atoms with van der Waals surface area (Å²) in [5.74, 6) is 0.298. The number of hydrogen-bond donors (Lipinski definition) is 4. The molecule has 4 atom stereocenters. The third kappa shape index (κ3) is 12.9. The smallest absolute Gasteiger partial charge is 0.255 e. The molecule has 4 unspecified atom stereocenters. The quantitative estimate of drug-likeness (QED) is 0.216. The van der Waals surface area contributed by atoms with Crippen molar-refractivity contribution in [2.24, 2.45) is 23.5 Å². The molecule has 8 nitrogen and oxygen atoms in total. The minimum absolute atomic E-state index is 0. The van der Waals surface area contributed by atoms with E-state index in [4.69, 9.17) is 15.2 Å². The summed E-state index contributed by atoms with van der Waals surface area (Å²) >= 11 is 0. The molecule has 0 aliphatic rings. The van der Waals surface area contributed by atoms with Gasteiger partial charge in [-0.1, -0.05) is 46.2 Å². The molecule has 0 saturated heterocycles. The van der Waals surface area contributed by atoms with Gasteiger partial charge in [-0.25, -0.2) is 0 Å². The highest BCUT2D eigenvalue weighted by Gasteiger charge is 2.26. The van der Waals surface area contributed by atoms with Gasteiger partial charge in [0.2, 0.25) is 5.91 Å². The number of aliphatic hydroxyl groups is 1. The molecule has 2 amide bonds. The number of hydrogen-bond acceptors (Lipinski definition) is 6. The zero-order chi connectivity index (χ0) is 26.2. The van der Waals surface area contributed by atoms with Crippen LogP contribution < -0.4 is 21.1 Å². The molecular formula is C27H48ClN3O5. The summed E-state index contributed by atoms with van der Waals surface area (Å²) in [6.45, 7) is 10.2. The predicted octanol–water partition coefficient (Wildman–Crippen LogP) is 3.55. The van der Waals surface area contributed by atoms with Gasteiger partial charge in [-0.15, -0.1) is 12.4 Å². The van der Waals surface area contributed by atoms with Gasteiger partial charge < -0.3 is 30.9 Å². The number of nitrogens with two attached hydrogens (primary N) is 1. The second kappa shape index (κ2) is 19.3. The molecule has 0 saturated carbocycles. The number of carbonyl (C=O) groups is 2. The van der Waals surface area contributed by atoms with E-state index < -0.39 is 12.1 Å². The maximum absolute atomic E-state index is 12.9. The van der Waals surface area contributed by atoms with Crippen LogP contribution in [-0.4, -0.2) is 62.5 Å². The molecule has 1 aromatic carbocycles. The third-order valence-electron chi connectivity index (χ3n) is 6.29. The summed E-state index contributed by atoms with van der Waals surface area (Å²) < 4.78 is 10.8. The van der Waals surface area contributed by atoms with Gasteiger partial charge in [0.05, 0.1) is 18.3 Å². The number of nitrogens with one attached hydrogen (secondary N) is 2. The lowest BCUT2D eigenvalue weighted by Gasteiger charge is -2.28. The number of methoxy groups -OCH3 is 1. The summed E-state index contributed by atoms with van der Waals surface area (Å²) in [5, 5.41) is 16.5. The Kier molecular flexibility index (Phi) is 18.3. The molecule has 0 radical (unpaired) electrons. The van der Waals surface area contributed by atoms with E-state index >= 15 is 0 Å². The second-order valence-corrected chi connectivity index (χ2v) is 9.65. The normalized spacial score (nSPS) is 14.3. The van der Waals surface area contributed by atoms with Crippen LogP contribution in [0.15, 0.2) is 24.3 Å². The molecule has 0 fully saturated rings. The fourth-order valence-corrected chi connectivity index (χ4v) is 3.79. The van der Waals surface area contributed by atoms with Crippen LogP contribution in [0.25, 0.3) is 0 Å². The average molecular weight is 530 g/mol. The highest BCUT2D eigenvalue weighted by atomic mass is 35.5. The highest BCUT2D eigenvalue weighted by Crippen LogP contribution is 2.21. The van der Waals surface area contributed by atoms with Crippen LogP contribution in [0.3, 0.4) is 0 Å². The van der Waals surface area contributed by atoms with Crippen LogP contribution in [0, 0.1) is 17.8 Å². The topological polar surface area (TPSA) is 123 Å². The van der Waals surface area contributed by atoms with E-state index in [1.165, 1.54) is 0 Å². The summed E-state index contributed by atoms with van der Waals surface area (Å²) in [4.78, 5) is 25.1. The molecule has 208 valence electrons. The number of aliphatic hydroxyl groups excluding tert-OH is 1. The molecule has 5 N–H and O–H groups in total. The van der Waals surface area contributed by atoms with E-state index in [1.807, 2.05) is 19.1 Å². The largest absolute Gasteiger partial charge is 0.493 e. The second-order valence-electron chi connectivity index (χ2n) is 9.65. The molecule has 0 aliphatic carbocycles. The minimum Gasteiger partial charge on any atom is -0.493 e. The summed E-state index contributed by atoms with van der Waals surface area (Å²) in [6.07, 6.45) is 2.75. The van der Waals surface area contributed by atoms with Gasteiger partial charge in [0.15, 0.2) is 0 Å². The molecule has 0 aromatic heterocycles. The maximum Gasteiger partial charge on any atom is 0.255 e. The Morgan fingerprint density at radius 3 is 2.39 bits per heavy atom. The summed E-state index contributed by atoms with van der Waals surface area (Å²) in [6, 6.07) is 6.69. The monoisotopic (exact) mass is 529 g/mol. The van der Waals surface area contributed by atoms with Crippen LogP contribution >= 0.6 is 12.4 Å². The van der Waals surface area contributed by atoms with Crippen molar-refractivity contribution in [3.8, 4) is 5.75 Å². The fourth-order valence-electron chi connectivity index (χ4n) is 3.79. The van der Waals surface area contributed by atoms with Crippen molar-refractivity contribution in [3.63, 3.8) is 0 Å². The van der Waals surface area contributed by atoms with Crippen molar-refractivity contribution in [1.82, 2.24) is 10.6 Å². The van der Waals surface area contributed by atoms with E-state index in [2.05, 4.69) is 31.4 Å². The molecule has 1 rings (SSSR count). The van der Waals surface area contributed by atoms with Crippen molar-refractivity contribution >= 4 is 24.2 Å². The number of ether oxygens (including phenoxy) is 2. The lowest BCUT2D eigenvalue weighted by atomic mass is 9.86. The Morgan fingerprint density at radius 2 is 1.75 bits per heavy atom. The summed E-state index contributed by atoms with van der Waals surface area (Å²) in [5.41, 5.74) is 6.81. The number of para-hydroxylation sites is 1. The molecule has 9 heteroatoms. The van der Waals surface area contributed by atoms with Gasteiger partial charge in [-0.3, -0.25) is 9.59 Å². The Hall–Kier alpha value is -1.87. The van der Waals surface area contributed by atoms with E-state index in [9.17, 15) is 14.7 Å². The number of carbonyl (C=O) groups excluding carboxylic acids is 2. The van der Waals surface area contributed by atoms with Gasteiger partial charge in [0, 0.05) is 45.2 Å². The Balaban J connectivity index is 0.0000122. The highest BCUT2D eigenvalue weighted by molar-refractivity contribution is 5.96. The predicted molar refractivity (Wildman–Crippen MR) is 147 cm³/mol. The zero-order valence-corrected chi connectivity index (χ0v) is 23.4. The van der Waals surface area contributed by atoms with Crippen LogP contribution in [-0.2, 0) is 9.53 Å². The van der Waals surface area contributed by atoms with Crippen molar-refractivity contribution in [3.05, 3.63) is 29.8 Å². The number of amides is 2. The van der Waals surface area contributed by atoms with Gasteiger partial charge in [0.25, 0.3) is 5.91 Å². The van der Waals surface area contributed by atoms with E-state index in [-0.39, 0.29) is 42.0 Å². The standard InChI is InChI=1S/C27H47N3O5.ClH/c1-6-7-13-29-26(32)20(4)16-24(31)23(28)17-21(19(2)3)18-30-27(33)22-11-8-9-12-25(22)35-15-10-14-34-5;/h8-9,11-12,19-21,23-24,31H,6-7,10,13-18,28H2,1-5H3,(H,29,32)(H,30,33);1H. The van der Waals surface area contributed by atoms with Crippen LogP contribution in [0.5, 0.6) is 5.75 Å². The minimum atomic E-state index is -0.792. The van der Waals surface area contributed by atoms with E-state index in [0.29, 0.717) is 50.5 Å². The first-order valence-electron chi connectivity index (χ1n) is 12.9. The Morgan fingerprint density at radius 1 is 1.06 bits per heavy atom. The number of unbranched alkanes of at least 4 members (excludes halogenated alkanes) is 1. The molecule has 0 aliphatic heterocycles. The van der Waals surface area contributed by atoms with Crippen molar-refractivity contribution in [2.75, 3.05) is 33.4 Å². The van der Waals surface area contributed by atoms with Gasteiger partial charge in [0.1, 0.15) is 5.75 Å². The van der Waals surface area contributed by atoms with Gasteiger partial charge in [-0.05, 0) is 43.2 Å². The zero-order valence-electron chi connectivity index (χ0n) is 22.6. The molecule has 0 bridgehead atoms. The molecule has 0 spiro atoms. The van der Waals surface area contributed by atoms with E-state index in [0.717, 1.165) is 19.3 Å². The molecule has 0 heterocycles. The third-order valence-corrected chi connectivity index (χ3v) is 6.29. The van der Waals surface area contributed by atoms with Crippen LogP contribution in [0.2, 0.25) is 0 Å². The lowest BCUT2D eigenvalue weighted by molar-refractivity contribution is -0.125. The SMILES string of the molecule is CCCCNC(=O)C(C)CC(O)C(N)CC(CNC(=O)c1ccccc1OCCCOC)C(C)C.Cl. The average Bonchev–Trinajstić information content (AvgIpc) is 2.84. The van der Waals surface area contributed by atoms with Crippen LogP contribution in [0.1, 0.15) is 70.2 Å². The summed E-state index contributed by atoms with van der Waals surface area (Å²) in [7, 11) is 1.64. The lowest BCUT2D eigenvalue weighted by Crippen LogP contribution is -2.42. The van der Waals surface area contributed by atoms with Crippen molar-refractivity contribution < 1.29 is 24.2 Å². The maximum atomic E-state index is 12.9. The van der Waals surface area contributed by atoms with Gasteiger partial charge in [-0.2, -0.15) is 0 Å². The van der Waals surface area contributed by atoms with Gasteiger partial charge >= 0.3 is 0 Å². The van der Waals surface area contributed by atoms with Crippen molar-refractivity contribution in [2.45, 2.75) is 71.9 Å². The first kappa shape index (κ1) is 34.1. The van der Waals surface area contributed by atoms with E-state index in [1.54, 1.807) is 19.2 Å². The molecular weight excluding hydrogens is 482 g/mol. The van der Waals surface area contributed by atoms with Crippen molar-refractivity contribution in [1.29, 1.82) is 0 Å². The Bertz CT molecular complexity index is 750. The number of rotatable bonds is 18. The number of benzene rings is 1. The molecule has 36 heavy (non-hydrogen) atoms.